The summed E-state index contributed by atoms with van der Waals surface area (Å²) in [7, 11) is 0. The van der Waals surface area contributed by atoms with Gasteiger partial charge in [-0.3, -0.25) is 0 Å². The summed E-state index contributed by atoms with van der Waals surface area (Å²) in [4.78, 5) is 4.63. The average Bonchev–Trinajstić information content (AvgIpc) is 2.68. The SMILES string of the molecule is CC(N)c1nc(C2CCCCC2)cs1.Cl. The zero-order valence-electron chi connectivity index (χ0n) is 9.11. The number of rotatable bonds is 2. The maximum atomic E-state index is 5.80. The van der Waals surface area contributed by atoms with Crippen LogP contribution in [0.15, 0.2) is 5.38 Å². The molecule has 0 spiro atoms. The van der Waals surface area contributed by atoms with Crippen molar-refractivity contribution < 1.29 is 0 Å². The topological polar surface area (TPSA) is 38.9 Å². The Morgan fingerprint density at radius 1 is 1.40 bits per heavy atom. The largest absolute Gasteiger partial charge is 0.322 e. The Bertz CT molecular complexity index is 293. The third-order valence-electron chi connectivity index (χ3n) is 2.95. The molecule has 2 nitrogen and oxygen atoms in total. The fourth-order valence-corrected chi connectivity index (χ4v) is 2.96. The molecule has 1 aromatic heterocycles. The summed E-state index contributed by atoms with van der Waals surface area (Å²) in [5.74, 6) is 0.715. The Labute approximate surface area is 102 Å². The second kappa shape index (κ2) is 5.83. The lowest BCUT2D eigenvalue weighted by Crippen LogP contribution is -2.07. The summed E-state index contributed by atoms with van der Waals surface area (Å²) in [6.07, 6.45) is 6.79. The van der Waals surface area contributed by atoms with Crippen molar-refractivity contribution in [3.63, 3.8) is 0 Å². The number of hydrogen-bond donors (Lipinski definition) is 1. The molecular formula is C11H19ClN2S. The lowest BCUT2D eigenvalue weighted by Gasteiger charge is -2.19. The van der Waals surface area contributed by atoms with E-state index in [0.29, 0.717) is 5.92 Å². The van der Waals surface area contributed by atoms with E-state index in [4.69, 9.17) is 5.73 Å². The normalized spacial score (nSPS) is 19.6. The zero-order chi connectivity index (χ0) is 9.97. The minimum Gasteiger partial charge on any atom is -0.322 e. The highest BCUT2D eigenvalue weighted by molar-refractivity contribution is 7.09. The second-order valence-corrected chi connectivity index (χ2v) is 5.12. The van der Waals surface area contributed by atoms with Crippen LogP contribution in [0, 0.1) is 0 Å². The zero-order valence-corrected chi connectivity index (χ0v) is 10.7. The van der Waals surface area contributed by atoms with Crippen molar-refractivity contribution in [3.8, 4) is 0 Å². The maximum Gasteiger partial charge on any atom is 0.109 e. The number of nitrogens with zero attached hydrogens (tertiary/aromatic N) is 1. The van der Waals surface area contributed by atoms with Gasteiger partial charge in [0.05, 0.1) is 11.7 Å². The van der Waals surface area contributed by atoms with E-state index >= 15 is 0 Å². The van der Waals surface area contributed by atoms with Gasteiger partial charge in [-0.05, 0) is 19.8 Å². The van der Waals surface area contributed by atoms with E-state index < -0.39 is 0 Å². The first-order chi connectivity index (χ1) is 6.77. The highest BCUT2D eigenvalue weighted by Gasteiger charge is 2.18. The Morgan fingerprint density at radius 3 is 2.60 bits per heavy atom. The van der Waals surface area contributed by atoms with Crippen molar-refractivity contribution >= 4 is 23.7 Å². The molecule has 1 heterocycles. The predicted molar refractivity (Wildman–Crippen MR) is 67.8 cm³/mol. The number of aromatic nitrogens is 1. The molecule has 1 aliphatic carbocycles. The van der Waals surface area contributed by atoms with E-state index in [0.717, 1.165) is 5.01 Å². The molecule has 1 atom stereocenters. The molecule has 2 N–H and O–H groups in total. The molecule has 4 heteroatoms. The van der Waals surface area contributed by atoms with Gasteiger partial charge in [0.2, 0.25) is 0 Å². The monoisotopic (exact) mass is 246 g/mol. The van der Waals surface area contributed by atoms with Gasteiger partial charge in [-0.2, -0.15) is 0 Å². The van der Waals surface area contributed by atoms with Crippen LogP contribution in [-0.4, -0.2) is 4.98 Å². The molecule has 1 fully saturated rings. The third-order valence-corrected chi connectivity index (χ3v) is 4.02. The molecule has 1 aliphatic rings. The smallest absolute Gasteiger partial charge is 0.109 e. The molecule has 1 saturated carbocycles. The van der Waals surface area contributed by atoms with Gasteiger partial charge in [-0.1, -0.05) is 19.3 Å². The van der Waals surface area contributed by atoms with E-state index in [-0.39, 0.29) is 18.4 Å². The quantitative estimate of drug-likeness (QED) is 0.866. The van der Waals surface area contributed by atoms with Gasteiger partial charge in [0.1, 0.15) is 5.01 Å². The summed E-state index contributed by atoms with van der Waals surface area (Å²) in [6, 6.07) is 0.0948. The first-order valence-corrected chi connectivity index (χ1v) is 6.36. The lowest BCUT2D eigenvalue weighted by molar-refractivity contribution is 0.437. The van der Waals surface area contributed by atoms with Crippen LogP contribution in [0.25, 0.3) is 0 Å². The van der Waals surface area contributed by atoms with Crippen molar-refractivity contribution in [1.82, 2.24) is 4.98 Å². The lowest BCUT2D eigenvalue weighted by atomic mass is 9.87. The Morgan fingerprint density at radius 2 is 2.07 bits per heavy atom. The number of thiazole rings is 1. The van der Waals surface area contributed by atoms with Gasteiger partial charge < -0.3 is 5.73 Å². The van der Waals surface area contributed by atoms with Crippen LogP contribution < -0.4 is 5.73 Å². The molecular weight excluding hydrogens is 228 g/mol. The standard InChI is InChI=1S/C11H18N2S.ClH/c1-8(12)11-13-10(7-14-11)9-5-3-2-4-6-9;/h7-9H,2-6,12H2,1H3;1H. The summed E-state index contributed by atoms with van der Waals surface area (Å²) >= 11 is 1.72. The Hall–Kier alpha value is -0.120. The number of nitrogens with two attached hydrogens (primary N) is 1. The first-order valence-electron chi connectivity index (χ1n) is 5.48. The minimum absolute atomic E-state index is 0. The molecule has 0 aromatic carbocycles. The van der Waals surface area contributed by atoms with Crippen LogP contribution in [0.1, 0.15) is 61.7 Å². The molecule has 0 saturated heterocycles. The molecule has 86 valence electrons. The van der Waals surface area contributed by atoms with Gasteiger partial charge in [0.15, 0.2) is 0 Å². The Kier molecular flexibility index (Phi) is 5.03. The van der Waals surface area contributed by atoms with Gasteiger partial charge in [0, 0.05) is 11.3 Å². The van der Waals surface area contributed by atoms with E-state index in [1.54, 1.807) is 11.3 Å². The van der Waals surface area contributed by atoms with Gasteiger partial charge in [-0.25, -0.2) is 4.98 Å². The van der Waals surface area contributed by atoms with Gasteiger partial charge in [-0.15, -0.1) is 23.7 Å². The van der Waals surface area contributed by atoms with E-state index in [1.807, 2.05) is 6.92 Å². The van der Waals surface area contributed by atoms with Gasteiger partial charge >= 0.3 is 0 Å². The van der Waals surface area contributed by atoms with Crippen LogP contribution >= 0.6 is 23.7 Å². The molecule has 15 heavy (non-hydrogen) atoms. The fraction of sp³-hybridized carbons (Fsp3) is 0.727. The van der Waals surface area contributed by atoms with Crippen molar-refractivity contribution in [3.05, 3.63) is 16.1 Å². The molecule has 0 aliphatic heterocycles. The Balaban J connectivity index is 0.00000112. The second-order valence-electron chi connectivity index (χ2n) is 4.23. The maximum absolute atomic E-state index is 5.80. The number of hydrogen-bond acceptors (Lipinski definition) is 3. The van der Waals surface area contributed by atoms with Crippen LogP contribution in [-0.2, 0) is 0 Å². The number of halogens is 1. The van der Waals surface area contributed by atoms with Crippen molar-refractivity contribution in [2.24, 2.45) is 5.73 Å². The molecule has 2 rings (SSSR count). The van der Waals surface area contributed by atoms with Crippen molar-refractivity contribution in [2.45, 2.75) is 51.0 Å². The molecule has 1 unspecified atom stereocenters. The van der Waals surface area contributed by atoms with Crippen LogP contribution in [0.5, 0.6) is 0 Å². The van der Waals surface area contributed by atoms with E-state index in [2.05, 4.69) is 10.4 Å². The first kappa shape index (κ1) is 12.9. The summed E-state index contributed by atoms with van der Waals surface area (Å²) in [5.41, 5.74) is 7.10. The highest BCUT2D eigenvalue weighted by atomic mass is 35.5. The summed E-state index contributed by atoms with van der Waals surface area (Å²) < 4.78 is 0. The van der Waals surface area contributed by atoms with Crippen molar-refractivity contribution in [2.75, 3.05) is 0 Å². The highest BCUT2D eigenvalue weighted by Crippen LogP contribution is 2.33. The van der Waals surface area contributed by atoms with Crippen LogP contribution in [0.4, 0.5) is 0 Å². The van der Waals surface area contributed by atoms with E-state index in [1.165, 1.54) is 37.8 Å². The minimum atomic E-state index is 0. The molecule has 0 amide bonds. The molecule has 0 radical (unpaired) electrons. The van der Waals surface area contributed by atoms with Crippen molar-refractivity contribution in [1.29, 1.82) is 0 Å². The predicted octanol–water partition coefficient (Wildman–Crippen LogP) is 3.63. The average molecular weight is 247 g/mol. The van der Waals surface area contributed by atoms with Gasteiger partial charge in [0.25, 0.3) is 0 Å². The summed E-state index contributed by atoms with van der Waals surface area (Å²) in [5, 5.41) is 3.29. The third kappa shape index (κ3) is 3.16. The summed E-state index contributed by atoms with van der Waals surface area (Å²) in [6.45, 7) is 2.00. The molecule has 0 bridgehead atoms. The van der Waals surface area contributed by atoms with Crippen LogP contribution in [0.2, 0.25) is 0 Å². The van der Waals surface area contributed by atoms with Crippen LogP contribution in [0.3, 0.4) is 0 Å². The molecule has 1 aromatic rings. The van der Waals surface area contributed by atoms with E-state index in [9.17, 15) is 0 Å². The fourth-order valence-electron chi connectivity index (χ4n) is 2.10.